The molecule has 1 aromatic carbocycles. The number of hydrogen-bond donors (Lipinski definition) is 2. The Balaban J connectivity index is 1.84. The molecule has 3 atom stereocenters. The van der Waals surface area contributed by atoms with Gasteiger partial charge in [-0.15, -0.1) is 0 Å². The monoisotopic (exact) mass is 441 g/mol. The van der Waals surface area contributed by atoms with Crippen LogP contribution in [0.4, 0.5) is 0 Å². The van der Waals surface area contributed by atoms with Gasteiger partial charge in [-0.1, -0.05) is 50.5 Å². The van der Waals surface area contributed by atoms with Crippen LogP contribution in [0.1, 0.15) is 83.1 Å². The molecular formula is C26H35NO5. The fourth-order valence-electron chi connectivity index (χ4n) is 4.18. The van der Waals surface area contributed by atoms with Crippen LogP contribution < -0.4 is 0 Å². The van der Waals surface area contributed by atoms with Gasteiger partial charge in [-0.25, -0.2) is 4.98 Å². The lowest BCUT2D eigenvalue weighted by Crippen LogP contribution is -2.21. The first kappa shape index (κ1) is 24.4. The Hall–Kier alpha value is -2.28. The van der Waals surface area contributed by atoms with E-state index in [4.69, 9.17) is 19.6 Å². The van der Waals surface area contributed by atoms with Gasteiger partial charge in [0.05, 0.1) is 23.4 Å². The molecule has 6 nitrogen and oxygen atoms in total. The first-order valence-corrected chi connectivity index (χ1v) is 11.6. The molecule has 0 radical (unpaired) electrons. The summed E-state index contributed by atoms with van der Waals surface area (Å²) in [5.74, 6) is -1.54. The SMILES string of the molecule is CCCCC[C@H](O)c1cc2ccccc2nc1/C=C/[C@H]1OC(C)(C)O[C@H]1CCCC(=O)O. The van der Waals surface area contributed by atoms with Crippen molar-refractivity contribution < 1.29 is 24.5 Å². The highest BCUT2D eigenvalue weighted by Crippen LogP contribution is 2.33. The van der Waals surface area contributed by atoms with Gasteiger partial charge in [0, 0.05) is 17.4 Å². The molecule has 1 aromatic heterocycles. The molecule has 0 unspecified atom stereocenters. The number of carboxylic acids is 1. The molecule has 1 aliphatic rings. The summed E-state index contributed by atoms with van der Waals surface area (Å²) < 4.78 is 12.1. The first-order valence-electron chi connectivity index (χ1n) is 11.6. The zero-order valence-corrected chi connectivity index (χ0v) is 19.3. The molecule has 6 heteroatoms. The number of unbranched alkanes of at least 4 members (excludes halogenated alkanes) is 2. The Morgan fingerprint density at radius 2 is 2.00 bits per heavy atom. The van der Waals surface area contributed by atoms with Crippen LogP contribution in [0.3, 0.4) is 0 Å². The number of carbonyl (C=O) groups is 1. The van der Waals surface area contributed by atoms with Gasteiger partial charge in [0.1, 0.15) is 6.10 Å². The van der Waals surface area contributed by atoms with Gasteiger partial charge >= 0.3 is 5.97 Å². The molecule has 0 bridgehead atoms. The molecule has 1 aliphatic heterocycles. The van der Waals surface area contributed by atoms with Crippen LogP contribution in [0.25, 0.3) is 17.0 Å². The van der Waals surface area contributed by atoms with Gasteiger partial charge in [0.15, 0.2) is 5.79 Å². The Labute approximate surface area is 190 Å². The number of pyridine rings is 1. The number of para-hydroxylation sites is 1. The molecule has 0 amide bonds. The van der Waals surface area contributed by atoms with E-state index in [1.165, 1.54) is 0 Å². The van der Waals surface area contributed by atoms with E-state index >= 15 is 0 Å². The number of aliphatic carboxylic acids is 1. The van der Waals surface area contributed by atoms with Crippen molar-refractivity contribution in [2.45, 2.75) is 89.8 Å². The Morgan fingerprint density at radius 3 is 2.75 bits per heavy atom. The lowest BCUT2D eigenvalue weighted by Gasteiger charge is -2.16. The van der Waals surface area contributed by atoms with E-state index in [1.54, 1.807) is 0 Å². The molecule has 3 rings (SSSR count). The highest BCUT2D eigenvalue weighted by atomic mass is 16.7. The number of rotatable bonds is 11. The van der Waals surface area contributed by atoms with Crippen molar-refractivity contribution in [1.82, 2.24) is 4.98 Å². The average Bonchev–Trinajstić information content (AvgIpc) is 3.04. The number of carboxylic acid groups (broad SMARTS) is 1. The third-order valence-corrected chi connectivity index (χ3v) is 5.77. The predicted molar refractivity (Wildman–Crippen MR) is 125 cm³/mol. The predicted octanol–water partition coefficient (Wildman–Crippen LogP) is 5.64. The van der Waals surface area contributed by atoms with Crippen molar-refractivity contribution in [3.05, 3.63) is 47.7 Å². The molecule has 174 valence electrons. The summed E-state index contributed by atoms with van der Waals surface area (Å²) in [6.07, 6.45) is 7.81. The number of aliphatic hydroxyl groups is 1. The van der Waals surface area contributed by atoms with Crippen molar-refractivity contribution >= 4 is 22.9 Å². The van der Waals surface area contributed by atoms with Gasteiger partial charge in [0.25, 0.3) is 0 Å². The van der Waals surface area contributed by atoms with E-state index in [9.17, 15) is 9.90 Å². The third kappa shape index (κ3) is 6.61. The Kier molecular flexibility index (Phi) is 8.40. The second-order valence-electron chi connectivity index (χ2n) is 8.95. The minimum atomic E-state index is -0.808. The highest BCUT2D eigenvalue weighted by molar-refractivity contribution is 5.81. The quantitative estimate of drug-likeness (QED) is 0.439. The van der Waals surface area contributed by atoms with Crippen molar-refractivity contribution in [2.75, 3.05) is 0 Å². The molecule has 0 aliphatic carbocycles. The topological polar surface area (TPSA) is 88.9 Å². The highest BCUT2D eigenvalue weighted by Gasteiger charge is 2.39. The molecular weight excluding hydrogens is 406 g/mol. The van der Waals surface area contributed by atoms with Gasteiger partial charge in [-0.3, -0.25) is 4.79 Å². The summed E-state index contributed by atoms with van der Waals surface area (Å²) in [5.41, 5.74) is 2.42. The van der Waals surface area contributed by atoms with Crippen LogP contribution in [0.15, 0.2) is 36.4 Å². The lowest BCUT2D eigenvalue weighted by molar-refractivity contribution is -0.143. The maximum Gasteiger partial charge on any atom is 0.303 e. The summed E-state index contributed by atoms with van der Waals surface area (Å²) in [5, 5.41) is 20.8. The van der Waals surface area contributed by atoms with E-state index < -0.39 is 17.9 Å². The first-order chi connectivity index (χ1) is 15.3. The summed E-state index contributed by atoms with van der Waals surface area (Å²) in [6, 6.07) is 9.92. The minimum absolute atomic E-state index is 0.108. The van der Waals surface area contributed by atoms with Crippen LogP contribution in [0.2, 0.25) is 0 Å². The summed E-state index contributed by atoms with van der Waals surface area (Å²) >= 11 is 0. The summed E-state index contributed by atoms with van der Waals surface area (Å²) in [6.45, 7) is 5.88. The van der Waals surface area contributed by atoms with Crippen LogP contribution in [-0.4, -0.2) is 39.2 Å². The number of aromatic nitrogens is 1. The second kappa shape index (κ2) is 11.0. The molecule has 32 heavy (non-hydrogen) atoms. The Bertz CT molecular complexity index is 939. The van der Waals surface area contributed by atoms with E-state index in [0.29, 0.717) is 19.3 Å². The van der Waals surface area contributed by atoms with Crippen LogP contribution in [0.5, 0.6) is 0 Å². The minimum Gasteiger partial charge on any atom is -0.481 e. The second-order valence-corrected chi connectivity index (χ2v) is 8.95. The largest absolute Gasteiger partial charge is 0.481 e. The van der Waals surface area contributed by atoms with E-state index in [2.05, 4.69) is 6.92 Å². The number of aliphatic hydroxyl groups excluding tert-OH is 1. The summed E-state index contributed by atoms with van der Waals surface area (Å²) in [4.78, 5) is 15.7. The van der Waals surface area contributed by atoms with Gasteiger partial charge in [-0.05, 0) is 51.3 Å². The number of ether oxygens (including phenoxy) is 2. The zero-order chi connectivity index (χ0) is 23.1. The average molecular weight is 442 g/mol. The van der Waals surface area contributed by atoms with Crippen molar-refractivity contribution in [3.63, 3.8) is 0 Å². The summed E-state index contributed by atoms with van der Waals surface area (Å²) in [7, 11) is 0. The molecule has 0 spiro atoms. The maximum absolute atomic E-state index is 10.9. The molecule has 1 fully saturated rings. The van der Waals surface area contributed by atoms with E-state index in [1.807, 2.05) is 56.3 Å². The molecule has 2 N–H and O–H groups in total. The third-order valence-electron chi connectivity index (χ3n) is 5.77. The lowest BCUT2D eigenvalue weighted by atomic mass is 9.98. The smallest absolute Gasteiger partial charge is 0.303 e. The van der Waals surface area contributed by atoms with E-state index in [0.717, 1.165) is 41.4 Å². The molecule has 2 aromatic rings. The zero-order valence-electron chi connectivity index (χ0n) is 19.3. The molecule has 2 heterocycles. The Morgan fingerprint density at radius 1 is 1.22 bits per heavy atom. The maximum atomic E-state index is 10.9. The van der Waals surface area contributed by atoms with Gasteiger partial charge in [0.2, 0.25) is 0 Å². The van der Waals surface area contributed by atoms with Crippen LogP contribution >= 0.6 is 0 Å². The van der Waals surface area contributed by atoms with Crippen molar-refractivity contribution in [3.8, 4) is 0 Å². The number of benzene rings is 1. The molecule has 0 saturated carbocycles. The number of fused-ring (bicyclic) bond motifs is 1. The van der Waals surface area contributed by atoms with Crippen LogP contribution in [-0.2, 0) is 14.3 Å². The number of nitrogens with zero attached hydrogens (tertiary/aromatic N) is 1. The number of hydrogen-bond acceptors (Lipinski definition) is 5. The van der Waals surface area contributed by atoms with E-state index in [-0.39, 0.29) is 18.6 Å². The standard InChI is InChI=1S/C26H35NO5/c1-4-5-6-12-22(28)19-17-18-10-7-8-11-20(18)27-21(19)15-16-24-23(13-9-14-25(29)30)31-26(2,3)32-24/h7-8,10-11,15-17,22-24,28H,4-6,9,12-14H2,1-3H3,(H,29,30)/b16-15+/t22-,23-,24+/m0/s1. The normalized spacial score (nSPS) is 21.4. The van der Waals surface area contributed by atoms with Crippen molar-refractivity contribution in [2.24, 2.45) is 0 Å². The fourth-order valence-corrected chi connectivity index (χ4v) is 4.18. The van der Waals surface area contributed by atoms with Crippen LogP contribution in [0, 0.1) is 0 Å². The van der Waals surface area contributed by atoms with Gasteiger partial charge < -0.3 is 19.7 Å². The van der Waals surface area contributed by atoms with Crippen molar-refractivity contribution in [1.29, 1.82) is 0 Å². The van der Waals surface area contributed by atoms with Gasteiger partial charge in [-0.2, -0.15) is 0 Å². The fraction of sp³-hybridized carbons (Fsp3) is 0.538. The molecule has 1 saturated heterocycles.